The van der Waals surface area contributed by atoms with Crippen molar-refractivity contribution in [2.75, 3.05) is 20.3 Å². The van der Waals surface area contributed by atoms with Gasteiger partial charge in [-0.1, -0.05) is 5.18 Å². The van der Waals surface area contributed by atoms with Gasteiger partial charge in [0, 0.05) is 7.11 Å². The van der Waals surface area contributed by atoms with Crippen LogP contribution < -0.4 is 0 Å². The normalized spacial score (nSPS) is 12.9. The Morgan fingerprint density at radius 3 is 2.13 bits per heavy atom. The first-order chi connectivity index (χ1) is 6.83. The average molecular weight is 217 g/mol. The van der Waals surface area contributed by atoms with Crippen molar-refractivity contribution in [3.05, 3.63) is 4.91 Å². The molecule has 0 aliphatic carbocycles. The van der Waals surface area contributed by atoms with Crippen molar-refractivity contribution in [1.82, 2.24) is 0 Å². The maximum atomic E-state index is 10.0. The van der Waals surface area contributed by atoms with Gasteiger partial charge in [-0.15, -0.1) is 0 Å². The van der Waals surface area contributed by atoms with Crippen molar-refractivity contribution in [3.8, 4) is 0 Å². The van der Waals surface area contributed by atoms with Crippen molar-refractivity contribution in [3.63, 3.8) is 0 Å². The zero-order valence-electron chi connectivity index (χ0n) is 10.5. The molecule has 0 fully saturated rings. The molecule has 0 aromatic heterocycles. The predicted octanol–water partition coefficient (Wildman–Crippen LogP) is 2.75. The fraction of sp³-hybridized carbons (Fsp3) is 1.00. The first-order valence-electron chi connectivity index (χ1n) is 5.31. The van der Waals surface area contributed by atoms with E-state index in [0.717, 1.165) is 6.42 Å². The minimum absolute atomic E-state index is 0.154. The quantitative estimate of drug-likeness (QED) is 0.587. The second-order valence-electron chi connectivity index (χ2n) is 4.92. The molecule has 0 unspecified atom stereocenters. The molecule has 0 amide bonds. The minimum atomic E-state index is -0.280. The van der Waals surface area contributed by atoms with Crippen LogP contribution in [-0.2, 0) is 9.47 Å². The van der Waals surface area contributed by atoms with Crippen LogP contribution in [0.5, 0.6) is 0 Å². The molecule has 0 spiro atoms. The summed E-state index contributed by atoms with van der Waals surface area (Å²) in [6, 6.07) is 0. The summed E-state index contributed by atoms with van der Waals surface area (Å²) in [6.45, 7) is 8.93. The van der Waals surface area contributed by atoms with Crippen LogP contribution in [0, 0.1) is 4.91 Å². The van der Waals surface area contributed by atoms with Gasteiger partial charge in [0.15, 0.2) is 0 Å². The Labute approximate surface area is 92.3 Å². The maximum absolute atomic E-state index is 10.0. The lowest BCUT2D eigenvalue weighted by Crippen LogP contribution is -2.30. The highest BCUT2D eigenvalue weighted by Crippen LogP contribution is 2.18. The van der Waals surface area contributed by atoms with E-state index in [1.807, 2.05) is 27.7 Å². The zero-order chi connectivity index (χ0) is 11.9. The van der Waals surface area contributed by atoms with Gasteiger partial charge in [0.05, 0.1) is 24.4 Å². The SMILES string of the molecule is COC(C)(C)CCOC(C)(C)CCN=O. The Bertz CT molecular complexity index is 190. The number of hydrogen-bond donors (Lipinski definition) is 0. The van der Waals surface area contributed by atoms with Crippen molar-refractivity contribution in [2.45, 2.75) is 51.7 Å². The first kappa shape index (κ1) is 14.5. The number of methoxy groups -OCH3 is 1. The Morgan fingerprint density at radius 2 is 1.67 bits per heavy atom. The van der Waals surface area contributed by atoms with Gasteiger partial charge in [0.25, 0.3) is 0 Å². The number of rotatable bonds is 8. The Kier molecular flexibility index (Phi) is 5.98. The van der Waals surface area contributed by atoms with Crippen LogP contribution in [0.1, 0.15) is 40.5 Å². The molecule has 0 bridgehead atoms. The van der Waals surface area contributed by atoms with Gasteiger partial charge in [-0.3, -0.25) is 0 Å². The molecular formula is C11H23NO3. The zero-order valence-corrected chi connectivity index (χ0v) is 10.5. The molecule has 0 rings (SSSR count). The Hall–Kier alpha value is -0.480. The Morgan fingerprint density at radius 1 is 1.07 bits per heavy atom. The number of nitroso groups, excluding NO2 is 1. The summed E-state index contributed by atoms with van der Waals surface area (Å²) in [5.74, 6) is 0. The largest absolute Gasteiger partial charge is 0.379 e. The molecule has 0 atom stereocenters. The van der Waals surface area contributed by atoms with Crippen LogP contribution in [-0.4, -0.2) is 31.5 Å². The van der Waals surface area contributed by atoms with Crippen LogP contribution in [0.15, 0.2) is 5.18 Å². The van der Waals surface area contributed by atoms with E-state index in [9.17, 15) is 4.91 Å². The number of hydrogen-bond acceptors (Lipinski definition) is 4. The molecule has 0 N–H and O–H groups in total. The first-order valence-corrected chi connectivity index (χ1v) is 5.31. The highest BCUT2D eigenvalue weighted by Gasteiger charge is 2.21. The van der Waals surface area contributed by atoms with Gasteiger partial charge in [0.1, 0.15) is 0 Å². The standard InChI is InChI=1S/C11H23NO3/c1-10(2,14-5)7-9-15-11(3,4)6-8-12-13/h6-9H2,1-5H3. The van der Waals surface area contributed by atoms with Crippen LogP contribution in [0.25, 0.3) is 0 Å². The lowest BCUT2D eigenvalue weighted by atomic mass is 10.0. The molecule has 0 aromatic carbocycles. The molecule has 0 aliphatic rings. The van der Waals surface area contributed by atoms with E-state index >= 15 is 0 Å². The minimum Gasteiger partial charge on any atom is -0.379 e. The summed E-state index contributed by atoms with van der Waals surface area (Å²) < 4.78 is 11.0. The van der Waals surface area contributed by atoms with E-state index in [1.54, 1.807) is 7.11 Å². The van der Waals surface area contributed by atoms with E-state index < -0.39 is 0 Å². The van der Waals surface area contributed by atoms with Crippen LogP contribution >= 0.6 is 0 Å². The molecule has 0 saturated heterocycles. The fourth-order valence-corrected chi connectivity index (χ4v) is 1.06. The van der Waals surface area contributed by atoms with Gasteiger partial charge in [0.2, 0.25) is 0 Å². The van der Waals surface area contributed by atoms with E-state index in [1.165, 1.54) is 0 Å². The molecule has 4 nitrogen and oxygen atoms in total. The van der Waals surface area contributed by atoms with E-state index in [2.05, 4.69) is 5.18 Å². The third-order valence-electron chi connectivity index (χ3n) is 2.55. The topological polar surface area (TPSA) is 47.9 Å². The highest BCUT2D eigenvalue weighted by molar-refractivity contribution is 4.72. The number of ether oxygens (including phenoxy) is 2. The lowest BCUT2D eigenvalue weighted by Gasteiger charge is -2.28. The van der Waals surface area contributed by atoms with Crippen molar-refractivity contribution in [2.24, 2.45) is 5.18 Å². The summed E-state index contributed by atoms with van der Waals surface area (Å²) in [5.41, 5.74) is -0.434. The summed E-state index contributed by atoms with van der Waals surface area (Å²) >= 11 is 0. The van der Waals surface area contributed by atoms with Crippen LogP contribution in [0.3, 0.4) is 0 Å². The molecule has 0 heterocycles. The van der Waals surface area contributed by atoms with Crippen molar-refractivity contribution >= 4 is 0 Å². The molecule has 0 aromatic rings. The second kappa shape index (κ2) is 6.18. The summed E-state index contributed by atoms with van der Waals surface area (Å²) in [5, 5.41) is 2.84. The molecule has 4 heteroatoms. The van der Waals surface area contributed by atoms with Gasteiger partial charge in [-0.05, 0) is 40.5 Å². The lowest BCUT2D eigenvalue weighted by molar-refractivity contribution is -0.0600. The third-order valence-corrected chi connectivity index (χ3v) is 2.55. The van der Waals surface area contributed by atoms with E-state index in [-0.39, 0.29) is 11.2 Å². The van der Waals surface area contributed by atoms with Gasteiger partial charge in [-0.25, -0.2) is 0 Å². The molecule has 15 heavy (non-hydrogen) atoms. The molecule has 0 saturated carbocycles. The third kappa shape index (κ3) is 7.45. The summed E-state index contributed by atoms with van der Waals surface area (Å²) in [6.07, 6.45) is 1.49. The smallest absolute Gasteiger partial charge is 0.0838 e. The fourth-order valence-electron chi connectivity index (χ4n) is 1.06. The number of nitrogens with zero attached hydrogens (tertiary/aromatic N) is 1. The van der Waals surface area contributed by atoms with Gasteiger partial charge >= 0.3 is 0 Å². The average Bonchev–Trinajstić information content (AvgIpc) is 2.14. The monoisotopic (exact) mass is 217 g/mol. The summed E-state index contributed by atoms with van der Waals surface area (Å²) in [7, 11) is 1.70. The van der Waals surface area contributed by atoms with Crippen LogP contribution in [0.4, 0.5) is 0 Å². The van der Waals surface area contributed by atoms with Crippen molar-refractivity contribution in [1.29, 1.82) is 0 Å². The van der Waals surface area contributed by atoms with E-state index in [4.69, 9.17) is 9.47 Å². The highest BCUT2D eigenvalue weighted by atomic mass is 16.5. The van der Waals surface area contributed by atoms with Gasteiger partial charge in [-0.2, -0.15) is 4.91 Å². The Balaban J connectivity index is 3.78. The maximum Gasteiger partial charge on any atom is 0.0838 e. The van der Waals surface area contributed by atoms with Crippen molar-refractivity contribution < 1.29 is 9.47 Å². The van der Waals surface area contributed by atoms with Crippen LogP contribution in [0.2, 0.25) is 0 Å². The molecule has 0 radical (unpaired) electrons. The van der Waals surface area contributed by atoms with Gasteiger partial charge < -0.3 is 9.47 Å². The second-order valence-corrected chi connectivity index (χ2v) is 4.92. The van der Waals surface area contributed by atoms with E-state index in [0.29, 0.717) is 19.6 Å². The molecular weight excluding hydrogens is 194 g/mol. The summed E-state index contributed by atoms with van der Waals surface area (Å²) in [4.78, 5) is 10.0. The molecule has 0 aliphatic heterocycles. The predicted molar refractivity (Wildman–Crippen MR) is 61.0 cm³/mol. The molecule has 90 valence electrons.